The van der Waals surface area contributed by atoms with Crippen molar-refractivity contribution in [1.29, 1.82) is 0 Å². The molecule has 0 aromatic heterocycles. The SMILES string of the molecule is O=C(CC1CCSCC1)NCC1(C(=O)O)CCCC1. The lowest BCUT2D eigenvalue weighted by Gasteiger charge is -2.25. The summed E-state index contributed by atoms with van der Waals surface area (Å²) >= 11 is 1.95. The molecular formula is C14H23NO3S. The topological polar surface area (TPSA) is 66.4 Å². The van der Waals surface area contributed by atoms with Crippen LogP contribution in [0.2, 0.25) is 0 Å². The molecule has 0 bridgehead atoms. The van der Waals surface area contributed by atoms with Crippen molar-refractivity contribution in [3.63, 3.8) is 0 Å². The molecule has 0 aromatic carbocycles. The summed E-state index contributed by atoms with van der Waals surface area (Å²) in [6, 6.07) is 0. The number of aliphatic carboxylic acids is 1. The van der Waals surface area contributed by atoms with Crippen molar-refractivity contribution in [2.45, 2.75) is 44.9 Å². The molecular weight excluding hydrogens is 262 g/mol. The van der Waals surface area contributed by atoms with E-state index in [1.807, 2.05) is 11.8 Å². The monoisotopic (exact) mass is 285 g/mol. The van der Waals surface area contributed by atoms with Crippen LogP contribution in [0.15, 0.2) is 0 Å². The number of carboxylic acid groups (broad SMARTS) is 1. The molecule has 1 amide bonds. The average Bonchev–Trinajstić information content (AvgIpc) is 2.88. The second kappa shape index (κ2) is 6.64. The summed E-state index contributed by atoms with van der Waals surface area (Å²) in [6.45, 7) is 0.308. The van der Waals surface area contributed by atoms with E-state index in [0.717, 1.165) is 37.2 Å². The first-order chi connectivity index (χ1) is 9.12. The average molecular weight is 285 g/mol. The van der Waals surface area contributed by atoms with Gasteiger partial charge in [-0.25, -0.2) is 0 Å². The van der Waals surface area contributed by atoms with Crippen molar-refractivity contribution >= 4 is 23.6 Å². The van der Waals surface area contributed by atoms with E-state index >= 15 is 0 Å². The summed E-state index contributed by atoms with van der Waals surface area (Å²) < 4.78 is 0. The van der Waals surface area contributed by atoms with Crippen molar-refractivity contribution < 1.29 is 14.7 Å². The Morgan fingerprint density at radius 3 is 2.42 bits per heavy atom. The minimum absolute atomic E-state index is 0.0319. The smallest absolute Gasteiger partial charge is 0.311 e. The van der Waals surface area contributed by atoms with E-state index in [-0.39, 0.29) is 5.91 Å². The molecule has 0 aromatic rings. The van der Waals surface area contributed by atoms with Gasteiger partial charge in [-0.15, -0.1) is 0 Å². The van der Waals surface area contributed by atoms with E-state index in [0.29, 0.717) is 31.7 Å². The van der Waals surface area contributed by atoms with Gasteiger partial charge in [-0.1, -0.05) is 12.8 Å². The van der Waals surface area contributed by atoms with Crippen LogP contribution in [0.3, 0.4) is 0 Å². The van der Waals surface area contributed by atoms with Crippen LogP contribution >= 0.6 is 11.8 Å². The third-order valence-corrected chi connectivity index (χ3v) is 5.50. The van der Waals surface area contributed by atoms with E-state index < -0.39 is 11.4 Å². The predicted octanol–water partition coefficient (Wildman–Crippen LogP) is 2.28. The lowest BCUT2D eigenvalue weighted by Crippen LogP contribution is -2.41. The Morgan fingerprint density at radius 1 is 1.21 bits per heavy atom. The minimum Gasteiger partial charge on any atom is -0.481 e. The molecule has 2 aliphatic rings. The summed E-state index contributed by atoms with van der Waals surface area (Å²) in [5.74, 6) is 2.07. The number of hydrogen-bond acceptors (Lipinski definition) is 3. The molecule has 0 unspecified atom stereocenters. The number of thioether (sulfide) groups is 1. The van der Waals surface area contributed by atoms with Gasteiger partial charge in [-0.05, 0) is 43.1 Å². The van der Waals surface area contributed by atoms with Crippen LogP contribution in [-0.4, -0.2) is 35.0 Å². The normalized spacial score (nSPS) is 23.2. The largest absolute Gasteiger partial charge is 0.481 e. The lowest BCUT2D eigenvalue weighted by atomic mass is 9.86. The van der Waals surface area contributed by atoms with Gasteiger partial charge in [0.1, 0.15) is 0 Å². The molecule has 5 heteroatoms. The Labute approximate surface area is 118 Å². The van der Waals surface area contributed by atoms with Crippen LogP contribution in [0.4, 0.5) is 0 Å². The van der Waals surface area contributed by atoms with Crippen molar-refractivity contribution in [3.05, 3.63) is 0 Å². The van der Waals surface area contributed by atoms with Crippen molar-refractivity contribution in [3.8, 4) is 0 Å². The Balaban J connectivity index is 1.77. The standard InChI is InChI=1S/C14H23NO3S/c16-12(9-11-3-7-19-8-4-11)15-10-14(13(17)18)5-1-2-6-14/h11H,1-10H2,(H,15,16)(H,17,18). The second-order valence-electron chi connectivity index (χ2n) is 5.83. The van der Waals surface area contributed by atoms with Crippen LogP contribution in [0.1, 0.15) is 44.9 Å². The zero-order valence-electron chi connectivity index (χ0n) is 11.3. The molecule has 1 saturated heterocycles. The molecule has 19 heavy (non-hydrogen) atoms. The summed E-state index contributed by atoms with van der Waals surface area (Å²) in [5.41, 5.74) is -0.696. The first-order valence-corrected chi connectivity index (χ1v) is 8.36. The fourth-order valence-corrected chi connectivity index (χ4v) is 4.27. The van der Waals surface area contributed by atoms with Crippen molar-refractivity contribution in [1.82, 2.24) is 5.32 Å². The summed E-state index contributed by atoms with van der Waals surface area (Å²) in [7, 11) is 0. The van der Waals surface area contributed by atoms with E-state index in [4.69, 9.17) is 0 Å². The highest BCUT2D eigenvalue weighted by molar-refractivity contribution is 7.99. The lowest BCUT2D eigenvalue weighted by molar-refractivity contribution is -0.148. The fraction of sp³-hybridized carbons (Fsp3) is 0.857. The number of carbonyl (C=O) groups is 2. The fourth-order valence-electron chi connectivity index (χ4n) is 3.07. The third-order valence-electron chi connectivity index (χ3n) is 4.45. The summed E-state index contributed by atoms with van der Waals surface area (Å²) in [5, 5.41) is 12.2. The number of rotatable bonds is 5. The molecule has 4 nitrogen and oxygen atoms in total. The highest BCUT2D eigenvalue weighted by atomic mass is 32.2. The molecule has 0 spiro atoms. The van der Waals surface area contributed by atoms with Crippen LogP contribution < -0.4 is 5.32 Å². The molecule has 2 fully saturated rings. The van der Waals surface area contributed by atoms with Gasteiger partial charge in [-0.2, -0.15) is 11.8 Å². The van der Waals surface area contributed by atoms with Gasteiger partial charge in [0.15, 0.2) is 0 Å². The van der Waals surface area contributed by atoms with E-state index in [1.165, 1.54) is 0 Å². The molecule has 0 radical (unpaired) electrons. The van der Waals surface area contributed by atoms with Gasteiger partial charge in [0.05, 0.1) is 5.41 Å². The maximum atomic E-state index is 11.9. The molecule has 1 aliphatic carbocycles. The Kier molecular flexibility index (Phi) is 5.13. The van der Waals surface area contributed by atoms with Gasteiger partial charge in [0, 0.05) is 13.0 Å². The van der Waals surface area contributed by atoms with Gasteiger partial charge in [0.25, 0.3) is 0 Å². The Morgan fingerprint density at radius 2 is 1.84 bits per heavy atom. The highest BCUT2D eigenvalue weighted by Gasteiger charge is 2.41. The molecule has 1 aliphatic heterocycles. The molecule has 2 N–H and O–H groups in total. The van der Waals surface area contributed by atoms with Crippen LogP contribution in [0, 0.1) is 11.3 Å². The first kappa shape index (κ1) is 14.7. The van der Waals surface area contributed by atoms with E-state index in [1.54, 1.807) is 0 Å². The van der Waals surface area contributed by atoms with Crippen LogP contribution in [-0.2, 0) is 9.59 Å². The van der Waals surface area contributed by atoms with Gasteiger partial charge < -0.3 is 10.4 Å². The quantitative estimate of drug-likeness (QED) is 0.813. The van der Waals surface area contributed by atoms with Crippen LogP contribution in [0.25, 0.3) is 0 Å². The number of carbonyl (C=O) groups excluding carboxylic acids is 1. The zero-order valence-corrected chi connectivity index (χ0v) is 12.1. The van der Waals surface area contributed by atoms with Crippen LogP contribution in [0.5, 0.6) is 0 Å². The summed E-state index contributed by atoms with van der Waals surface area (Å²) in [4.78, 5) is 23.3. The van der Waals surface area contributed by atoms with Gasteiger partial charge in [-0.3, -0.25) is 9.59 Å². The van der Waals surface area contributed by atoms with Crippen molar-refractivity contribution in [2.24, 2.45) is 11.3 Å². The maximum Gasteiger partial charge on any atom is 0.311 e. The van der Waals surface area contributed by atoms with Crippen molar-refractivity contribution in [2.75, 3.05) is 18.1 Å². The predicted molar refractivity (Wildman–Crippen MR) is 76.2 cm³/mol. The highest BCUT2D eigenvalue weighted by Crippen LogP contribution is 2.37. The first-order valence-electron chi connectivity index (χ1n) is 7.20. The maximum absolute atomic E-state index is 11.9. The van der Waals surface area contributed by atoms with Gasteiger partial charge >= 0.3 is 5.97 Å². The number of amides is 1. The van der Waals surface area contributed by atoms with E-state index in [9.17, 15) is 14.7 Å². The van der Waals surface area contributed by atoms with E-state index in [2.05, 4.69) is 5.32 Å². The number of carboxylic acids is 1. The number of nitrogens with one attached hydrogen (secondary N) is 1. The summed E-state index contributed by atoms with van der Waals surface area (Å²) in [6.07, 6.45) is 6.11. The molecule has 1 heterocycles. The molecule has 1 saturated carbocycles. The zero-order chi connectivity index (χ0) is 13.7. The number of hydrogen-bond donors (Lipinski definition) is 2. The molecule has 2 rings (SSSR count). The molecule has 108 valence electrons. The Bertz CT molecular complexity index is 334. The molecule has 0 atom stereocenters. The Hall–Kier alpha value is -0.710. The van der Waals surface area contributed by atoms with Gasteiger partial charge in [0.2, 0.25) is 5.91 Å². The third kappa shape index (κ3) is 3.88. The second-order valence-corrected chi connectivity index (χ2v) is 7.05. The minimum atomic E-state index is -0.751.